The highest BCUT2D eigenvalue weighted by Gasteiger charge is 2.19. The van der Waals surface area contributed by atoms with E-state index < -0.39 is 0 Å². The summed E-state index contributed by atoms with van der Waals surface area (Å²) in [6.07, 6.45) is 0.805. The second-order valence-corrected chi connectivity index (χ2v) is 7.38. The van der Waals surface area contributed by atoms with Crippen LogP contribution in [0.15, 0.2) is 59.6 Å². The number of aliphatic imine (C=N–C) groups is 1. The average molecular weight is 551 g/mol. The number of guanidine groups is 1. The molecule has 1 heterocycles. The number of halogens is 1. The third-order valence-corrected chi connectivity index (χ3v) is 5.27. The minimum Gasteiger partial charge on any atom is -0.497 e. The van der Waals surface area contributed by atoms with Gasteiger partial charge in [0.2, 0.25) is 0 Å². The lowest BCUT2D eigenvalue weighted by molar-refractivity contribution is 0.0953. The van der Waals surface area contributed by atoms with Crippen LogP contribution in [0, 0.1) is 0 Å². The summed E-state index contributed by atoms with van der Waals surface area (Å²) < 4.78 is 5.25. The number of methoxy groups -OCH3 is 1. The van der Waals surface area contributed by atoms with Crippen LogP contribution in [0.5, 0.6) is 5.75 Å². The molecule has 0 atom stereocenters. The Morgan fingerprint density at radius 2 is 1.69 bits per heavy atom. The molecule has 0 saturated carbocycles. The van der Waals surface area contributed by atoms with Gasteiger partial charge in [0, 0.05) is 57.1 Å². The molecule has 1 aliphatic rings. The van der Waals surface area contributed by atoms with Gasteiger partial charge in [-0.05, 0) is 49.7 Å². The molecule has 1 aliphatic heterocycles. The first-order valence-corrected chi connectivity index (χ1v) is 11.0. The summed E-state index contributed by atoms with van der Waals surface area (Å²) >= 11 is 0. The van der Waals surface area contributed by atoms with Crippen molar-refractivity contribution in [2.75, 3.05) is 57.8 Å². The van der Waals surface area contributed by atoms with Gasteiger partial charge in [-0.3, -0.25) is 9.79 Å². The van der Waals surface area contributed by atoms with Gasteiger partial charge in [-0.1, -0.05) is 18.2 Å². The fraction of sp³-hybridized carbons (Fsp3) is 0.417. The van der Waals surface area contributed by atoms with Crippen LogP contribution in [-0.2, 0) is 0 Å². The molecule has 0 aliphatic carbocycles. The van der Waals surface area contributed by atoms with Crippen LogP contribution in [0.4, 0.5) is 5.69 Å². The second kappa shape index (κ2) is 13.8. The van der Waals surface area contributed by atoms with Crippen molar-refractivity contribution in [2.45, 2.75) is 13.3 Å². The van der Waals surface area contributed by atoms with E-state index in [0.29, 0.717) is 18.7 Å². The van der Waals surface area contributed by atoms with Crippen LogP contribution >= 0.6 is 24.0 Å². The lowest BCUT2D eigenvalue weighted by Gasteiger charge is -2.37. The Bertz CT molecular complexity index is 837. The maximum atomic E-state index is 12.1. The highest BCUT2D eigenvalue weighted by molar-refractivity contribution is 14.0. The lowest BCUT2D eigenvalue weighted by atomic mass is 10.2. The zero-order valence-corrected chi connectivity index (χ0v) is 21.2. The van der Waals surface area contributed by atoms with Crippen molar-refractivity contribution in [3.63, 3.8) is 0 Å². The SMILES string of the molecule is CCNC(=NCCCNC(=O)c1ccccc1)N1CCN(c2ccc(OC)cc2)CC1.I. The van der Waals surface area contributed by atoms with E-state index in [1.54, 1.807) is 7.11 Å². The van der Waals surface area contributed by atoms with Gasteiger partial charge < -0.3 is 25.2 Å². The number of hydrogen-bond acceptors (Lipinski definition) is 4. The van der Waals surface area contributed by atoms with E-state index in [1.165, 1.54) is 5.69 Å². The average Bonchev–Trinajstić information content (AvgIpc) is 2.84. The van der Waals surface area contributed by atoms with Gasteiger partial charge in [-0.2, -0.15) is 0 Å². The van der Waals surface area contributed by atoms with Crippen LogP contribution in [0.1, 0.15) is 23.7 Å². The van der Waals surface area contributed by atoms with Gasteiger partial charge in [0.25, 0.3) is 5.91 Å². The molecular formula is C24H34IN5O2. The molecule has 174 valence electrons. The zero-order valence-electron chi connectivity index (χ0n) is 18.9. The zero-order chi connectivity index (χ0) is 21.9. The number of nitrogens with one attached hydrogen (secondary N) is 2. The number of benzene rings is 2. The number of carbonyl (C=O) groups is 1. The quantitative estimate of drug-likeness (QED) is 0.228. The number of hydrogen-bond donors (Lipinski definition) is 2. The number of rotatable bonds is 8. The first kappa shape index (κ1) is 25.8. The number of anilines is 1. The summed E-state index contributed by atoms with van der Waals surface area (Å²) in [7, 11) is 1.69. The Labute approximate surface area is 208 Å². The highest BCUT2D eigenvalue weighted by Crippen LogP contribution is 2.20. The van der Waals surface area contributed by atoms with Crippen molar-refractivity contribution < 1.29 is 9.53 Å². The lowest BCUT2D eigenvalue weighted by Crippen LogP contribution is -2.52. The second-order valence-electron chi connectivity index (χ2n) is 7.38. The van der Waals surface area contributed by atoms with Crippen LogP contribution < -0.4 is 20.3 Å². The molecule has 7 nitrogen and oxygen atoms in total. The molecule has 2 aromatic rings. The molecule has 0 unspecified atom stereocenters. The monoisotopic (exact) mass is 551 g/mol. The molecule has 1 fully saturated rings. The minimum absolute atomic E-state index is 0. The molecule has 0 spiro atoms. The van der Waals surface area contributed by atoms with E-state index >= 15 is 0 Å². The molecule has 1 saturated heterocycles. The first-order valence-electron chi connectivity index (χ1n) is 11.0. The molecule has 0 radical (unpaired) electrons. The van der Waals surface area contributed by atoms with E-state index in [0.717, 1.165) is 50.9 Å². The van der Waals surface area contributed by atoms with Gasteiger partial charge in [0.05, 0.1) is 7.11 Å². The van der Waals surface area contributed by atoms with Crippen molar-refractivity contribution in [2.24, 2.45) is 4.99 Å². The molecular weight excluding hydrogens is 517 g/mol. The molecule has 0 bridgehead atoms. The molecule has 2 aromatic carbocycles. The fourth-order valence-electron chi connectivity index (χ4n) is 3.55. The maximum absolute atomic E-state index is 12.1. The number of carbonyl (C=O) groups excluding carboxylic acids is 1. The standard InChI is InChI=1S/C24H33N5O2.HI/c1-3-25-24(27-15-7-14-26-23(30)20-8-5-4-6-9-20)29-18-16-28(17-19-29)21-10-12-22(31-2)13-11-21;/h4-6,8-13H,3,7,14-19H2,1-2H3,(H,25,27)(H,26,30);1H. The Morgan fingerprint density at radius 3 is 2.31 bits per heavy atom. The van der Waals surface area contributed by atoms with Crippen molar-refractivity contribution in [1.29, 1.82) is 0 Å². The topological polar surface area (TPSA) is 69.2 Å². The smallest absolute Gasteiger partial charge is 0.251 e. The summed E-state index contributed by atoms with van der Waals surface area (Å²) in [5, 5.41) is 6.36. The normalized spacial score (nSPS) is 13.9. The van der Waals surface area contributed by atoms with Crippen molar-refractivity contribution in [1.82, 2.24) is 15.5 Å². The van der Waals surface area contributed by atoms with E-state index in [2.05, 4.69) is 39.5 Å². The largest absolute Gasteiger partial charge is 0.497 e. The van der Waals surface area contributed by atoms with E-state index in [9.17, 15) is 4.79 Å². The van der Waals surface area contributed by atoms with Crippen molar-refractivity contribution in [3.05, 3.63) is 60.2 Å². The Morgan fingerprint density at radius 1 is 1.00 bits per heavy atom. The van der Waals surface area contributed by atoms with Crippen molar-refractivity contribution >= 4 is 41.5 Å². The predicted octanol–water partition coefficient (Wildman–Crippen LogP) is 3.22. The summed E-state index contributed by atoms with van der Waals surface area (Å²) in [5.74, 6) is 1.79. The maximum Gasteiger partial charge on any atom is 0.251 e. The predicted molar refractivity (Wildman–Crippen MR) is 142 cm³/mol. The summed E-state index contributed by atoms with van der Waals surface area (Å²) in [4.78, 5) is 21.6. The molecule has 3 rings (SSSR count). The number of nitrogens with zero attached hydrogens (tertiary/aromatic N) is 3. The number of ether oxygens (including phenoxy) is 1. The van der Waals surface area contributed by atoms with Crippen LogP contribution in [0.2, 0.25) is 0 Å². The fourth-order valence-corrected chi connectivity index (χ4v) is 3.55. The summed E-state index contributed by atoms with van der Waals surface area (Å²) in [6, 6.07) is 17.5. The summed E-state index contributed by atoms with van der Waals surface area (Å²) in [5.41, 5.74) is 1.91. The molecule has 32 heavy (non-hydrogen) atoms. The Hall–Kier alpha value is -2.49. The van der Waals surface area contributed by atoms with Crippen LogP contribution in [0.3, 0.4) is 0 Å². The van der Waals surface area contributed by atoms with E-state index in [4.69, 9.17) is 9.73 Å². The third-order valence-electron chi connectivity index (χ3n) is 5.27. The molecule has 2 N–H and O–H groups in total. The van der Waals surface area contributed by atoms with Gasteiger partial charge >= 0.3 is 0 Å². The van der Waals surface area contributed by atoms with E-state index in [-0.39, 0.29) is 29.9 Å². The van der Waals surface area contributed by atoms with Crippen LogP contribution in [-0.4, -0.2) is 69.7 Å². The number of amides is 1. The van der Waals surface area contributed by atoms with Gasteiger partial charge in [0.1, 0.15) is 5.75 Å². The van der Waals surface area contributed by atoms with Crippen LogP contribution in [0.25, 0.3) is 0 Å². The Balaban J connectivity index is 0.00000363. The third kappa shape index (κ3) is 7.58. The number of piperazine rings is 1. The molecule has 1 amide bonds. The summed E-state index contributed by atoms with van der Waals surface area (Å²) in [6.45, 7) is 7.95. The van der Waals surface area contributed by atoms with Gasteiger partial charge in [-0.15, -0.1) is 24.0 Å². The Kier molecular flexibility index (Phi) is 11.1. The minimum atomic E-state index is -0.0360. The molecule has 8 heteroatoms. The van der Waals surface area contributed by atoms with Gasteiger partial charge in [-0.25, -0.2) is 0 Å². The van der Waals surface area contributed by atoms with E-state index in [1.807, 2.05) is 42.5 Å². The highest BCUT2D eigenvalue weighted by atomic mass is 127. The molecule has 0 aromatic heterocycles. The van der Waals surface area contributed by atoms with Crippen molar-refractivity contribution in [3.8, 4) is 5.75 Å². The van der Waals surface area contributed by atoms with Gasteiger partial charge in [0.15, 0.2) is 5.96 Å². The first-order chi connectivity index (χ1) is 15.2.